The average molecular weight is 199 g/mol. The van der Waals surface area contributed by atoms with E-state index in [-0.39, 0.29) is 5.91 Å². The normalized spacial score (nSPS) is 7.67. The van der Waals surface area contributed by atoms with Crippen molar-refractivity contribution in [2.75, 3.05) is 4.55 Å². The number of amides is 1. The lowest BCUT2D eigenvalue weighted by Crippen LogP contribution is -2.16. The average Bonchev–Trinajstić information content (AvgIpc) is 1.35. The summed E-state index contributed by atoms with van der Waals surface area (Å²) in [6, 6.07) is 0. The fraction of sp³-hybridized carbons (Fsp3) is 0.667. The molecule has 0 saturated carbocycles. The quantitative estimate of drug-likeness (QED) is 0.372. The first kappa shape index (κ1) is 6.20. The molecule has 6 heavy (non-hydrogen) atoms. The molecule has 0 aromatic carbocycles. The number of hydrogen-bond acceptors (Lipinski definition) is 1. The van der Waals surface area contributed by atoms with Crippen LogP contribution in [0.2, 0.25) is 0 Å². The summed E-state index contributed by atoms with van der Waals surface area (Å²) in [6.07, 6.45) is 0. The maximum atomic E-state index is 9.93. The van der Waals surface area contributed by atoms with Gasteiger partial charge in [0.25, 0.3) is 0 Å². The minimum atomic E-state index is 0.0319. The van der Waals surface area contributed by atoms with Crippen LogP contribution in [-0.2, 0) is 4.79 Å². The SMILES string of the molecule is CC(=O)NCI. The van der Waals surface area contributed by atoms with Crippen LogP contribution in [0.1, 0.15) is 6.92 Å². The zero-order chi connectivity index (χ0) is 4.99. The van der Waals surface area contributed by atoms with Crippen molar-refractivity contribution < 1.29 is 4.79 Å². The molecule has 0 aliphatic rings. The van der Waals surface area contributed by atoms with Crippen molar-refractivity contribution in [3.63, 3.8) is 0 Å². The van der Waals surface area contributed by atoms with Gasteiger partial charge in [0.2, 0.25) is 5.91 Å². The van der Waals surface area contributed by atoms with Crippen molar-refractivity contribution in [2.24, 2.45) is 0 Å². The Kier molecular flexibility index (Phi) is 3.51. The van der Waals surface area contributed by atoms with Gasteiger partial charge in [0.1, 0.15) is 0 Å². The molecule has 0 aliphatic heterocycles. The van der Waals surface area contributed by atoms with Crippen LogP contribution in [0.5, 0.6) is 0 Å². The van der Waals surface area contributed by atoms with Gasteiger partial charge in [-0.15, -0.1) is 0 Å². The molecule has 0 rings (SSSR count). The van der Waals surface area contributed by atoms with Crippen molar-refractivity contribution in [2.45, 2.75) is 6.92 Å². The van der Waals surface area contributed by atoms with Gasteiger partial charge in [0.05, 0.1) is 4.55 Å². The zero-order valence-corrected chi connectivity index (χ0v) is 5.65. The lowest BCUT2D eigenvalue weighted by Gasteiger charge is -1.87. The van der Waals surface area contributed by atoms with E-state index in [2.05, 4.69) is 27.9 Å². The maximum absolute atomic E-state index is 9.93. The number of hydrogen-bond donors (Lipinski definition) is 1. The third-order valence-electron chi connectivity index (χ3n) is 0.316. The highest BCUT2D eigenvalue weighted by atomic mass is 127. The van der Waals surface area contributed by atoms with Crippen LogP contribution in [0.25, 0.3) is 0 Å². The largest absolute Gasteiger partial charge is 0.347 e. The van der Waals surface area contributed by atoms with E-state index in [1.165, 1.54) is 6.92 Å². The Bertz CT molecular complexity index is 54.8. The molecule has 0 atom stereocenters. The minimum Gasteiger partial charge on any atom is -0.347 e. The van der Waals surface area contributed by atoms with Crippen LogP contribution < -0.4 is 5.32 Å². The monoisotopic (exact) mass is 199 g/mol. The third-order valence-corrected chi connectivity index (χ3v) is 0.697. The molecule has 0 spiro atoms. The van der Waals surface area contributed by atoms with E-state index < -0.39 is 0 Å². The Labute approximate surface area is 50.4 Å². The van der Waals surface area contributed by atoms with E-state index in [1.807, 2.05) is 0 Å². The number of carbonyl (C=O) groups is 1. The lowest BCUT2D eigenvalue weighted by atomic mass is 10.7. The Morgan fingerprint density at radius 1 is 2.00 bits per heavy atom. The summed E-state index contributed by atoms with van der Waals surface area (Å²) in [6.45, 7) is 1.50. The van der Waals surface area contributed by atoms with Gasteiger partial charge in [-0.3, -0.25) is 4.79 Å². The zero-order valence-electron chi connectivity index (χ0n) is 3.49. The molecule has 0 saturated heterocycles. The molecule has 0 heterocycles. The Morgan fingerprint density at radius 3 is 2.50 bits per heavy atom. The highest BCUT2D eigenvalue weighted by molar-refractivity contribution is 14.1. The molecular formula is C3H6INO. The fourth-order valence-electron chi connectivity index (χ4n) is 0.0941. The fourth-order valence-corrected chi connectivity index (χ4v) is 0.631. The van der Waals surface area contributed by atoms with Gasteiger partial charge in [-0.2, -0.15) is 0 Å². The number of nitrogens with one attached hydrogen (secondary N) is 1. The van der Waals surface area contributed by atoms with Gasteiger partial charge in [0.15, 0.2) is 0 Å². The topological polar surface area (TPSA) is 29.1 Å². The summed E-state index contributed by atoms with van der Waals surface area (Å²) in [5.41, 5.74) is 0. The second-order valence-electron chi connectivity index (χ2n) is 0.867. The predicted molar refractivity (Wildman–Crippen MR) is 32.7 cm³/mol. The van der Waals surface area contributed by atoms with Gasteiger partial charge in [0, 0.05) is 6.92 Å². The molecule has 0 fully saturated rings. The second kappa shape index (κ2) is 3.39. The molecule has 1 N–H and O–H groups in total. The van der Waals surface area contributed by atoms with Crippen LogP contribution in [-0.4, -0.2) is 10.5 Å². The van der Waals surface area contributed by atoms with E-state index in [4.69, 9.17) is 0 Å². The van der Waals surface area contributed by atoms with Crippen molar-refractivity contribution in [1.82, 2.24) is 5.32 Å². The summed E-state index contributed by atoms with van der Waals surface area (Å²) >= 11 is 2.07. The molecule has 0 radical (unpaired) electrons. The summed E-state index contributed by atoms with van der Waals surface area (Å²) in [5.74, 6) is 0.0319. The molecule has 0 aromatic heterocycles. The summed E-state index contributed by atoms with van der Waals surface area (Å²) in [5, 5.41) is 2.56. The van der Waals surface area contributed by atoms with Crippen molar-refractivity contribution in [3.05, 3.63) is 0 Å². The smallest absolute Gasteiger partial charge is 0.217 e. The van der Waals surface area contributed by atoms with Crippen LogP contribution in [0.4, 0.5) is 0 Å². The Morgan fingerprint density at radius 2 is 2.50 bits per heavy atom. The molecule has 0 bridgehead atoms. The van der Waals surface area contributed by atoms with Gasteiger partial charge in [-0.05, 0) is 0 Å². The number of rotatable bonds is 1. The van der Waals surface area contributed by atoms with E-state index in [0.29, 0.717) is 4.55 Å². The highest BCUT2D eigenvalue weighted by Crippen LogP contribution is 1.70. The van der Waals surface area contributed by atoms with Gasteiger partial charge in [-0.1, -0.05) is 22.6 Å². The number of carbonyl (C=O) groups excluding carboxylic acids is 1. The minimum absolute atomic E-state index is 0.0319. The van der Waals surface area contributed by atoms with E-state index in [0.717, 1.165) is 0 Å². The van der Waals surface area contributed by atoms with Crippen molar-refractivity contribution >= 4 is 28.5 Å². The van der Waals surface area contributed by atoms with Gasteiger partial charge >= 0.3 is 0 Å². The molecule has 36 valence electrons. The summed E-state index contributed by atoms with van der Waals surface area (Å²) in [4.78, 5) is 9.93. The van der Waals surface area contributed by atoms with Crippen molar-refractivity contribution in [1.29, 1.82) is 0 Å². The number of halogens is 1. The first-order valence-electron chi connectivity index (χ1n) is 1.57. The molecule has 3 heteroatoms. The lowest BCUT2D eigenvalue weighted by molar-refractivity contribution is -0.118. The van der Waals surface area contributed by atoms with E-state index in [1.54, 1.807) is 0 Å². The van der Waals surface area contributed by atoms with E-state index in [9.17, 15) is 4.79 Å². The molecule has 0 unspecified atom stereocenters. The molecular weight excluding hydrogens is 193 g/mol. The van der Waals surface area contributed by atoms with Gasteiger partial charge in [-0.25, -0.2) is 0 Å². The van der Waals surface area contributed by atoms with Crippen molar-refractivity contribution in [3.8, 4) is 0 Å². The maximum Gasteiger partial charge on any atom is 0.217 e. The first-order valence-corrected chi connectivity index (χ1v) is 3.10. The van der Waals surface area contributed by atoms with Crippen LogP contribution in [0.3, 0.4) is 0 Å². The molecule has 2 nitrogen and oxygen atoms in total. The van der Waals surface area contributed by atoms with Gasteiger partial charge < -0.3 is 5.32 Å². The molecule has 0 aliphatic carbocycles. The van der Waals surface area contributed by atoms with Crippen LogP contribution in [0, 0.1) is 0 Å². The van der Waals surface area contributed by atoms with E-state index >= 15 is 0 Å². The Hall–Kier alpha value is 0.200. The highest BCUT2D eigenvalue weighted by Gasteiger charge is 1.80. The molecule has 1 amide bonds. The Balaban J connectivity index is 2.83. The first-order chi connectivity index (χ1) is 2.77. The summed E-state index contributed by atoms with van der Waals surface area (Å²) < 4.78 is 0.701. The predicted octanol–water partition coefficient (Wildman–Crippen LogP) is 0.515. The molecule has 0 aromatic rings. The third kappa shape index (κ3) is 4.20. The van der Waals surface area contributed by atoms with Crippen LogP contribution in [0.15, 0.2) is 0 Å². The standard InChI is InChI=1S/C3H6INO/c1-3(6)5-2-4/h2H2,1H3,(H,5,6). The number of alkyl halides is 1. The summed E-state index contributed by atoms with van der Waals surface area (Å²) in [7, 11) is 0. The van der Waals surface area contributed by atoms with Crippen LogP contribution >= 0.6 is 22.6 Å². The second-order valence-corrected chi connectivity index (χ2v) is 1.63.